The number of benzene rings is 3. The molecule has 1 aliphatic carbocycles. The molecule has 0 bridgehead atoms. The third kappa shape index (κ3) is 5.03. The number of fused-ring (bicyclic) bond motifs is 3. The average Bonchev–Trinajstić information content (AvgIpc) is 3.42. The van der Waals surface area contributed by atoms with Gasteiger partial charge in [-0.05, 0) is 30.0 Å². The van der Waals surface area contributed by atoms with Gasteiger partial charge < -0.3 is 9.84 Å². The number of thioether (sulfide) groups is 1. The van der Waals surface area contributed by atoms with Crippen LogP contribution in [0.15, 0.2) is 83.2 Å². The zero-order valence-electron chi connectivity index (χ0n) is 18.6. The molecule has 4 nitrogen and oxygen atoms in total. The molecular formula is C28H25NO3S2. The summed E-state index contributed by atoms with van der Waals surface area (Å²) >= 11 is 3.57. The number of aliphatic carboxylic acids is 1. The topological polar surface area (TPSA) is 59.4 Å². The van der Waals surface area contributed by atoms with Crippen LogP contribution in [-0.2, 0) is 11.2 Å². The third-order valence-electron chi connectivity index (χ3n) is 6.02. The van der Waals surface area contributed by atoms with Gasteiger partial charge in [-0.2, -0.15) is 0 Å². The monoisotopic (exact) mass is 487 g/mol. The van der Waals surface area contributed by atoms with Gasteiger partial charge >= 0.3 is 5.97 Å². The predicted molar refractivity (Wildman–Crippen MR) is 138 cm³/mol. The minimum absolute atomic E-state index is 0.328. The smallest absolute Gasteiger partial charge is 0.341 e. The molecule has 0 spiro atoms. The van der Waals surface area contributed by atoms with E-state index in [2.05, 4.69) is 60.7 Å². The van der Waals surface area contributed by atoms with Gasteiger partial charge in [-0.1, -0.05) is 84.6 Å². The number of thiazole rings is 1. The Hall–Kier alpha value is -3.09. The molecule has 4 aromatic rings. The molecule has 0 atom stereocenters. The zero-order valence-corrected chi connectivity index (χ0v) is 20.3. The van der Waals surface area contributed by atoms with Crippen LogP contribution in [0.5, 0.6) is 5.75 Å². The van der Waals surface area contributed by atoms with E-state index in [1.807, 2.05) is 30.0 Å². The SMILES string of the molecule is O=C(O)COc1cccc2c1Cc1sc(SCCCC(c3ccccc3)c3ccccc3)nc1-2. The van der Waals surface area contributed by atoms with Crippen LogP contribution in [0.25, 0.3) is 11.3 Å². The van der Waals surface area contributed by atoms with Gasteiger partial charge in [0, 0.05) is 34.1 Å². The van der Waals surface area contributed by atoms with E-state index in [0.717, 1.165) is 46.2 Å². The Kier molecular flexibility index (Phi) is 6.97. The standard InChI is InChI=1S/C28H25NO3S2/c30-26(31)18-32-24-15-7-13-22-23(24)17-25-27(22)29-28(34-25)33-16-8-14-21(19-9-3-1-4-10-19)20-11-5-2-6-12-20/h1-7,9-13,15,21H,8,14,16-18H2,(H,30,31). The van der Waals surface area contributed by atoms with Gasteiger partial charge in [-0.15, -0.1) is 11.3 Å². The first-order chi connectivity index (χ1) is 16.7. The van der Waals surface area contributed by atoms with E-state index in [9.17, 15) is 4.79 Å². The minimum atomic E-state index is -0.969. The number of hydrogen-bond acceptors (Lipinski definition) is 5. The van der Waals surface area contributed by atoms with E-state index in [0.29, 0.717) is 11.7 Å². The highest BCUT2D eigenvalue weighted by atomic mass is 32.2. The third-order valence-corrected chi connectivity index (χ3v) is 8.31. The van der Waals surface area contributed by atoms with Crippen molar-refractivity contribution in [3.63, 3.8) is 0 Å². The summed E-state index contributed by atoms with van der Waals surface area (Å²) in [5.74, 6) is 1.11. The molecule has 0 amide bonds. The Morgan fingerprint density at radius 1 is 1.00 bits per heavy atom. The molecule has 172 valence electrons. The van der Waals surface area contributed by atoms with Gasteiger partial charge in [0.25, 0.3) is 0 Å². The summed E-state index contributed by atoms with van der Waals surface area (Å²) in [7, 11) is 0. The minimum Gasteiger partial charge on any atom is -0.482 e. The van der Waals surface area contributed by atoms with Crippen molar-refractivity contribution in [3.8, 4) is 17.0 Å². The zero-order chi connectivity index (χ0) is 23.3. The summed E-state index contributed by atoms with van der Waals surface area (Å²) in [6.45, 7) is -0.328. The fourth-order valence-corrected chi connectivity index (χ4v) is 6.72. The first-order valence-corrected chi connectivity index (χ1v) is 13.2. The second kappa shape index (κ2) is 10.5. The van der Waals surface area contributed by atoms with Gasteiger partial charge in [-0.25, -0.2) is 9.78 Å². The number of hydrogen-bond donors (Lipinski definition) is 1. The van der Waals surface area contributed by atoms with Crippen molar-refractivity contribution in [3.05, 3.63) is 100 Å². The number of carboxylic acid groups (broad SMARTS) is 1. The Balaban J connectivity index is 1.22. The molecule has 34 heavy (non-hydrogen) atoms. The number of aromatic nitrogens is 1. The molecular weight excluding hydrogens is 462 g/mol. The largest absolute Gasteiger partial charge is 0.482 e. The lowest BCUT2D eigenvalue weighted by molar-refractivity contribution is -0.139. The normalized spacial score (nSPS) is 11.9. The highest BCUT2D eigenvalue weighted by Gasteiger charge is 2.26. The Labute approximate surface area is 207 Å². The molecule has 6 heteroatoms. The molecule has 0 radical (unpaired) electrons. The predicted octanol–water partition coefficient (Wildman–Crippen LogP) is 6.88. The lowest BCUT2D eigenvalue weighted by Crippen LogP contribution is -2.10. The first-order valence-electron chi connectivity index (χ1n) is 11.4. The number of nitrogens with zero attached hydrogens (tertiary/aromatic N) is 1. The molecule has 0 unspecified atom stereocenters. The fraction of sp³-hybridized carbons (Fsp3) is 0.214. The summed E-state index contributed by atoms with van der Waals surface area (Å²) in [4.78, 5) is 17.0. The first kappa shape index (κ1) is 22.7. The van der Waals surface area contributed by atoms with Crippen molar-refractivity contribution in [1.29, 1.82) is 0 Å². The molecule has 1 N–H and O–H groups in total. The fourth-order valence-electron chi connectivity index (χ4n) is 4.47. The lowest BCUT2D eigenvalue weighted by Gasteiger charge is -2.18. The van der Waals surface area contributed by atoms with Crippen molar-refractivity contribution < 1.29 is 14.6 Å². The molecule has 1 heterocycles. The molecule has 0 saturated carbocycles. The van der Waals surface area contributed by atoms with Crippen LogP contribution < -0.4 is 4.74 Å². The Morgan fingerprint density at radius 3 is 2.38 bits per heavy atom. The maximum atomic E-state index is 10.9. The van der Waals surface area contributed by atoms with Gasteiger partial charge in [-0.3, -0.25) is 0 Å². The van der Waals surface area contributed by atoms with Crippen molar-refractivity contribution in [2.24, 2.45) is 0 Å². The van der Waals surface area contributed by atoms with E-state index in [1.165, 1.54) is 16.0 Å². The molecule has 0 saturated heterocycles. The second-order valence-electron chi connectivity index (χ2n) is 8.26. The molecule has 0 fully saturated rings. The summed E-state index contributed by atoms with van der Waals surface area (Å²) in [6.07, 6.45) is 2.95. The van der Waals surface area contributed by atoms with Gasteiger partial charge in [0.1, 0.15) is 5.75 Å². The lowest BCUT2D eigenvalue weighted by atomic mass is 9.88. The average molecular weight is 488 g/mol. The van der Waals surface area contributed by atoms with Crippen LogP contribution in [0.1, 0.15) is 40.3 Å². The number of carboxylic acids is 1. The van der Waals surface area contributed by atoms with Crippen LogP contribution in [0.3, 0.4) is 0 Å². The molecule has 1 aliphatic rings. The summed E-state index contributed by atoms with van der Waals surface area (Å²) < 4.78 is 6.59. The van der Waals surface area contributed by atoms with E-state index >= 15 is 0 Å². The van der Waals surface area contributed by atoms with Crippen LogP contribution in [0.2, 0.25) is 0 Å². The molecule has 1 aromatic heterocycles. The number of rotatable bonds is 10. The summed E-state index contributed by atoms with van der Waals surface area (Å²) in [5, 5.41) is 8.92. The highest BCUT2D eigenvalue weighted by molar-refractivity contribution is 8.01. The maximum absolute atomic E-state index is 10.9. The second-order valence-corrected chi connectivity index (χ2v) is 10.7. The van der Waals surface area contributed by atoms with Crippen molar-refractivity contribution in [1.82, 2.24) is 4.98 Å². The van der Waals surface area contributed by atoms with Crippen LogP contribution in [0.4, 0.5) is 0 Å². The molecule has 0 aliphatic heterocycles. The van der Waals surface area contributed by atoms with Gasteiger partial charge in [0.15, 0.2) is 10.9 Å². The summed E-state index contributed by atoms with van der Waals surface area (Å²) in [5.41, 5.74) is 5.86. The number of carbonyl (C=O) groups is 1. The van der Waals surface area contributed by atoms with Crippen molar-refractivity contribution in [2.45, 2.75) is 29.5 Å². The Bertz CT molecular complexity index is 1230. The van der Waals surface area contributed by atoms with Crippen molar-refractivity contribution in [2.75, 3.05) is 12.4 Å². The highest BCUT2D eigenvalue weighted by Crippen LogP contribution is 2.45. The van der Waals surface area contributed by atoms with E-state index < -0.39 is 5.97 Å². The summed E-state index contributed by atoms with van der Waals surface area (Å²) in [6, 6.07) is 27.3. The van der Waals surface area contributed by atoms with Gasteiger partial charge in [0.2, 0.25) is 0 Å². The maximum Gasteiger partial charge on any atom is 0.341 e. The quantitative estimate of drug-likeness (QED) is 0.172. The van der Waals surface area contributed by atoms with E-state index in [4.69, 9.17) is 14.8 Å². The van der Waals surface area contributed by atoms with Crippen LogP contribution in [-0.4, -0.2) is 28.4 Å². The van der Waals surface area contributed by atoms with Crippen LogP contribution in [0, 0.1) is 0 Å². The Morgan fingerprint density at radius 2 is 1.71 bits per heavy atom. The van der Waals surface area contributed by atoms with Crippen LogP contribution >= 0.6 is 23.1 Å². The van der Waals surface area contributed by atoms with Crippen molar-refractivity contribution >= 4 is 29.1 Å². The van der Waals surface area contributed by atoms with Gasteiger partial charge in [0.05, 0.1) is 5.69 Å². The van der Waals surface area contributed by atoms with E-state index in [-0.39, 0.29) is 6.61 Å². The molecule has 3 aromatic carbocycles. The van der Waals surface area contributed by atoms with E-state index in [1.54, 1.807) is 11.3 Å². The molecule has 5 rings (SSSR count). The number of ether oxygens (including phenoxy) is 1.